The Bertz CT molecular complexity index is 572. The normalized spacial score (nSPS) is 23.4. The standard InChI is InChI=1S/C11H13F3N2O2S/c1-8-7-16(5-6-19(8,17)18)10-4-2-3-9(15-10)11(12,13)14/h2-4,8H,5-7H2,1H3. The van der Waals surface area contributed by atoms with Gasteiger partial charge in [0.15, 0.2) is 9.84 Å². The van der Waals surface area contributed by atoms with Gasteiger partial charge >= 0.3 is 6.18 Å². The lowest BCUT2D eigenvalue weighted by Gasteiger charge is -2.31. The molecule has 2 heterocycles. The number of aromatic nitrogens is 1. The predicted octanol–water partition coefficient (Wildman–Crippen LogP) is 1.72. The van der Waals surface area contributed by atoms with Gasteiger partial charge in [-0.1, -0.05) is 6.07 Å². The maximum absolute atomic E-state index is 12.6. The van der Waals surface area contributed by atoms with E-state index in [0.717, 1.165) is 6.07 Å². The third-order valence-corrected chi connectivity index (χ3v) is 5.21. The number of hydrogen-bond donors (Lipinski definition) is 0. The van der Waals surface area contributed by atoms with E-state index in [1.54, 1.807) is 11.8 Å². The van der Waals surface area contributed by atoms with Crippen LogP contribution in [0.3, 0.4) is 0 Å². The third kappa shape index (κ3) is 2.99. The van der Waals surface area contributed by atoms with Crippen molar-refractivity contribution < 1.29 is 21.6 Å². The molecule has 0 radical (unpaired) electrons. The molecular formula is C11H13F3N2O2S. The van der Waals surface area contributed by atoms with Gasteiger partial charge in [-0.25, -0.2) is 13.4 Å². The first-order valence-corrected chi connectivity index (χ1v) is 7.42. The Kier molecular flexibility index (Phi) is 3.46. The lowest BCUT2D eigenvalue weighted by atomic mass is 10.3. The number of rotatable bonds is 1. The van der Waals surface area contributed by atoms with Gasteiger partial charge in [0.25, 0.3) is 0 Å². The van der Waals surface area contributed by atoms with Gasteiger partial charge in [-0.15, -0.1) is 0 Å². The van der Waals surface area contributed by atoms with E-state index in [2.05, 4.69) is 4.98 Å². The molecule has 1 saturated heterocycles. The van der Waals surface area contributed by atoms with Crippen molar-refractivity contribution in [3.05, 3.63) is 23.9 Å². The average Bonchev–Trinajstić information content (AvgIpc) is 2.32. The molecule has 0 saturated carbocycles. The summed E-state index contributed by atoms with van der Waals surface area (Å²) in [5.74, 6) is 0.100. The summed E-state index contributed by atoms with van der Waals surface area (Å²) in [5, 5.41) is -0.599. The monoisotopic (exact) mass is 294 g/mol. The molecule has 1 aromatic heterocycles. The summed E-state index contributed by atoms with van der Waals surface area (Å²) < 4.78 is 60.8. The number of alkyl halides is 3. The molecule has 1 fully saturated rings. The number of sulfone groups is 1. The summed E-state index contributed by atoms with van der Waals surface area (Å²) >= 11 is 0. The Labute approximate surface area is 109 Å². The van der Waals surface area contributed by atoms with Crippen molar-refractivity contribution in [1.29, 1.82) is 0 Å². The van der Waals surface area contributed by atoms with E-state index in [1.165, 1.54) is 12.1 Å². The highest BCUT2D eigenvalue weighted by Crippen LogP contribution is 2.29. The third-order valence-electron chi connectivity index (χ3n) is 3.09. The maximum atomic E-state index is 12.6. The van der Waals surface area contributed by atoms with Crippen LogP contribution in [-0.4, -0.2) is 37.5 Å². The van der Waals surface area contributed by atoms with Gasteiger partial charge in [0.05, 0.1) is 11.0 Å². The molecule has 106 valence electrons. The Morgan fingerprint density at radius 2 is 2.05 bits per heavy atom. The van der Waals surface area contributed by atoms with Crippen LogP contribution < -0.4 is 4.90 Å². The van der Waals surface area contributed by atoms with Crippen molar-refractivity contribution in [1.82, 2.24) is 4.98 Å². The molecule has 0 amide bonds. The summed E-state index contributed by atoms with van der Waals surface area (Å²) in [6, 6.07) is 3.63. The summed E-state index contributed by atoms with van der Waals surface area (Å²) in [6.07, 6.45) is -4.50. The first-order valence-electron chi connectivity index (χ1n) is 5.71. The molecule has 1 unspecified atom stereocenters. The quantitative estimate of drug-likeness (QED) is 0.791. The molecule has 0 spiro atoms. The highest BCUT2D eigenvalue weighted by atomic mass is 32.2. The van der Waals surface area contributed by atoms with Crippen molar-refractivity contribution in [2.45, 2.75) is 18.3 Å². The summed E-state index contributed by atoms with van der Waals surface area (Å²) in [7, 11) is -3.13. The van der Waals surface area contributed by atoms with Crippen molar-refractivity contribution in [3.63, 3.8) is 0 Å². The predicted molar refractivity (Wildman–Crippen MR) is 64.7 cm³/mol. The van der Waals surface area contributed by atoms with Crippen LogP contribution in [0.2, 0.25) is 0 Å². The van der Waals surface area contributed by atoms with E-state index in [-0.39, 0.29) is 24.7 Å². The highest BCUT2D eigenvalue weighted by molar-refractivity contribution is 7.92. The second-order valence-corrected chi connectivity index (χ2v) is 7.04. The Hall–Kier alpha value is -1.31. The van der Waals surface area contributed by atoms with Crippen LogP contribution in [0.15, 0.2) is 18.2 Å². The second-order valence-electron chi connectivity index (χ2n) is 4.50. The molecule has 8 heteroatoms. The second kappa shape index (κ2) is 4.66. The zero-order valence-corrected chi connectivity index (χ0v) is 11.0. The lowest BCUT2D eigenvalue weighted by molar-refractivity contribution is -0.141. The molecule has 1 aliphatic rings. The Balaban J connectivity index is 2.25. The van der Waals surface area contributed by atoms with Gasteiger partial charge in [0, 0.05) is 13.1 Å². The van der Waals surface area contributed by atoms with E-state index in [0.29, 0.717) is 0 Å². The number of nitrogens with zero attached hydrogens (tertiary/aromatic N) is 2. The van der Waals surface area contributed by atoms with Crippen molar-refractivity contribution >= 4 is 15.7 Å². The van der Waals surface area contributed by atoms with E-state index in [1.807, 2.05) is 0 Å². The minimum Gasteiger partial charge on any atom is -0.354 e. The Morgan fingerprint density at radius 1 is 1.37 bits per heavy atom. The number of halogens is 3. The topological polar surface area (TPSA) is 50.3 Å². The van der Waals surface area contributed by atoms with Gasteiger partial charge in [-0.3, -0.25) is 0 Å². The molecular weight excluding hydrogens is 281 g/mol. The smallest absolute Gasteiger partial charge is 0.354 e. The molecule has 19 heavy (non-hydrogen) atoms. The fourth-order valence-electron chi connectivity index (χ4n) is 1.92. The molecule has 0 aromatic carbocycles. The molecule has 1 aromatic rings. The van der Waals surface area contributed by atoms with Crippen molar-refractivity contribution in [3.8, 4) is 0 Å². The first kappa shape index (κ1) is 14.1. The largest absolute Gasteiger partial charge is 0.433 e. The van der Waals surface area contributed by atoms with Gasteiger partial charge in [-0.2, -0.15) is 13.2 Å². The number of hydrogen-bond acceptors (Lipinski definition) is 4. The number of pyridine rings is 1. The summed E-state index contributed by atoms with van der Waals surface area (Å²) in [6.45, 7) is 1.88. The van der Waals surface area contributed by atoms with Crippen LogP contribution in [0.1, 0.15) is 12.6 Å². The molecule has 1 aliphatic heterocycles. The van der Waals surface area contributed by atoms with Crippen LogP contribution in [0, 0.1) is 0 Å². The van der Waals surface area contributed by atoms with Gasteiger partial charge in [-0.05, 0) is 19.1 Å². The molecule has 1 atom stereocenters. The van der Waals surface area contributed by atoms with Crippen LogP contribution in [-0.2, 0) is 16.0 Å². The zero-order valence-electron chi connectivity index (χ0n) is 10.2. The van der Waals surface area contributed by atoms with Crippen molar-refractivity contribution in [2.75, 3.05) is 23.7 Å². The first-order chi connectivity index (χ1) is 8.70. The van der Waals surface area contributed by atoms with Gasteiger partial charge in [0.1, 0.15) is 11.5 Å². The van der Waals surface area contributed by atoms with Gasteiger partial charge in [0.2, 0.25) is 0 Å². The average molecular weight is 294 g/mol. The van der Waals surface area contributed by atoms with Crippen LogP contribution in [0.5, 0.6) is 0 Å². The Morgan fingerprint density at radius 3 is 2.63 bits per heavy atom. The number of anilines is 1. The highest BCUT2D eigenvalue weighted by Gasteiger charge is 2.34. The van der Waals surface area contributed by atoms with Crippen LogP contribution in [0.4, 0.5) is 19.0 Å². The minimum atomic E-state index is -4.50. The molecule has 4 nitrogen and oxygen atoms in total. The van der Waals surface area contributed by atoms with Crippen molar-refractivity contribution in [2.24, 2.45) is 0 Å². The molecule has 2 rings (SSSR count). The molecule has 0 bridgehead atoms. The fraction of sp³-hybridized carbons (Fsp3) is 0.545. The fourth-order valence-corrected chi connectivity index (χ4v) is 3.20. The zero-order chi connectivity index (χ0) is 14.3. The lowest BCUT2D eigenvalue weighted by Crippen LogP contribution is -2.46. The summed E-state index contributed by atoms with van der Waals surface area (Å²) in [4.78, 5) is 5.13. The maximum Gasteiger partial charge on any atom is 0.433 e. The minimum absolute atomic E-state index is 0.0634. The van der Waals surface area contributed by atoms with Crippen LogP contribution >= 0.6 is 0 Å². The molecule has 0 N–H and O–H groups in total. The summed E-state index contributed by atoms with van der Waals surface area (Å²) in [5.41, 5.74) is -0.967. The molecule has 0 aliphatic carbocycles. The van der Waals surface area contributed by atoms with E-state index in [9.17, 15) is 21.6 Å². The van der Waals surface area contributed by atoms with E-state index < -0.39 is 27.0 Å². The van der Waals surface area contributed by atoms with E-state index >= 15 is 0 Å². The van der Waals surface area contributed by atoms with Gasteiger partial charge < -0.3 is 4.90 Å². The SMILES string of the molecule is CC1CN(c2cccc(C(F)(F)F)n2)CCS1(=O)=O. The van der Waals surface area contributed by atoms with Crippen LogP contribution in [0.25, 0.3) is 0 Å². The van der Waals surface area contributed by atoms with E-state index in [4.69, 9.17) is 0 Å².